The fourth-order valence-electron chi connectivity index (χ4n) is 2.52. The molecule has 0 radical (unpaired) electrons. The summed E-state index contributed by atoms with van der Waals surface area (Å²) < 4.78 is 18.3. The number of methoxy groups -OCH3 is 1. The number of hydrogen-bond acceptors (Lipinski definition) is 3. The van der Waals surface area contributed by atoms with Crippen LogP contribution in [-0.4, -0.2) is 13.0 Å². The van der Waals surface area contributed by atoms with Crippen LogP contribution in [0, 0.1) is 12.7 Å². The zero-order chi connectivity index (χ0) is 18.5. The molecule has 26 heavy (non-hydrogen) atoms. The molecule has 5 heteroatoms. The van der Waals surface area contributed by atoms with E-state index >= 15 is 0 Å². The number of nitrogens with one attached hydrogen (secondary N) is 2. The number of aryl methyl sites for hydroxylation is 1. The topological polar surface area (TPSA) is 50.4 Å². The van der Waals surface area contributed by atoms with Gasteiger partial charge in [0.15, 0.2) is 0 Å². The molecule has 0 aromatic heterocycles. The van der Waals surface area contributed by atoms with E-state index in [1.807, 2.05) is 37.3 Å². The second-order valence-corrected chi connectivity index (χ2v) is 5.87. The van der Waals surface area contributed by atoms with Crippen LogP contribution in [0.2, 0.25) is 0 Å². The van der Waals surface area contributed by atoms with Crippen molar-refractivity contribution in [2.75, 3.05) is 17.7 Å². The Bertz CT molecular complexity index is 906. The molecule has 0 aliphatic carbocycles. The molecule has 1 amide bonds. The third kappa shape index (κ3) is 4.19. The number of halogens is 1. The summed E-state index contributed by atoms with van der Waals surface area (Å²) in [5.41, 5.74) is 3.92. The first-order chi connectivity index (χ1) is 12.5. The molecule has 0 fully saturated rings. The number of carbonyl (C=O) groups excluding carboxylic acids is 1. The normalized spacial score (nSPS) is 10.3. The number of benzene rings is 3. The highest BCUT2D eigenvalue weighted by molar-refractivity contribution is 6.04. The second kappa shape index (κ2) is 7.70. The third-order valence-corrected chi connectivity index (χ3v) is 3.88. The van der Waals surface area contributed by atoms with Crippen LogP contribution in [0.25, 0.3) is 0 Å². The highest BCUT2D eigenvalue weighted by atomic mass is 19.1. The van der Waals surface area contributed by atoms with Crippen molar-refractivity contribution in [1.29, 1.82) is 0 Å². The van der Waals surface area contributed by atoms with Crippen molar-refractivity contribution in [1.82, 2.24) is 0 Å². The predicted octanol–water partition coefficient (Wildman–Crippen LogP) is 5.14. The molecule has 0 saturated heterocycles. The molecule has 0 unspecified atom stereocenters. The van der Waals surface area contributed by atoms with Crippen LogP contribution in [0.4, 0.5) is 21.5 Å². The first kappa shape index (κ1) is 17.5. The van der Waals surface area contributed by atoms with Gasteiger partial charge in [0.05, 0.1) is 12.8 Å². The average molecular weight is 350 g/mol. The van der Waals surface area contributed by atoms with Crippen molar-refractivity contribution in [3.8, 4) is 5.75 Å². The minimum Gasteiger partial charge on any atom is -0.495 e. The molecule has 2 N–H and O–H groups in total. The Morgan fingerprint density at radius 3 is 2.23 bits per heavy atom. The summed E-state index contributed by atoms with van der Waals surface area (Å²) in [6, 6.07) is 18.6. The number of carbonyl (C=O) groups is 1. The first-order valence-electron chi connectivity index (χ1n) is 8.14. The number of anilines is 3. The Morgan fingerprint density at radius 1 is 0.923 bits per heavy atom. The Morgan fingerprint density at radius 2 is 1.58 bits per heavy atom. The van der Waals surface area contributed by atoms with Gasteiger partial charge in [-0.3, -0.25) is 4.79 Å². The Balaban J connectivity index is 1.70. The maximum absolute atomic E-state index is 12.9. The number of hydrogen-bond donors (Lipinski definition) is 2. The van der Waals surface area contributed by atoms with Crippen LogP contribution in [0.3, 0.4) is 0 Å². The summed E-state index contributed by atoms with van der Waals surface area (Å²) in [5.74, 6) is 0.0962. The molecule has 0 bridgehead atoms. The predicted molar refractivity (Wildman–Crippen MR) is 102 cm³/mol. The summed E-state index contributed by atoms with van der Waals surface area (Å²) in [6.07, 6.45) is 0. The van der Waals surface area contributed by atoms with Crippen molar-refractivity contribution in [2.45, 2.75) is 6.92 Å². The molecular weight excluding hydrogens is 331 g/mol. The lowest BCUT2D eigenvalue weighted by Crippen LogP contribution is -2.11. The standard InChI is InChI=1S/C21H19FN2O2/c1-14-3-12-20(26-2)19(13-14)23-17-8-10-18(11-9-17)24-21(25)15-4-6-16(22)7-5-15/h3-13,23H,1-2H3,(H,24,25). The molecule has 4 nitrogen and oxygen atoms in total. The summed E-state index contributed by atoms with van der Waals surface area (Å²) >= 11 is 0. The van der Waals surface area contributed by atoms with Gasteiger partial charge in [-0.2, -0.15) is 0 Å². The molecule has 0 atom stereocenters. The summed E-state index contributed by atoms with van der Waals surface area (Å²) in [4.78, 5) is 12.2. The minimum absolute atomic E-state index is 0.286. The van der Waals surface area contributed by atoms with E-state index in [0.717, 1.165) is 22.7 Å². The molecule has 3 aromatic rings. The van der Waals surface area contributed by atoms with E-state index in [0.29, 0.717) is 11.3 Å². The van der Waals surface area contributed by atoms with Gasteiger partial charge in [-0.05, 0) is 73.2 Å². The van der Waals surface area contributed by atoms with Gasteiger partial charge in [0.25, 0.3) is 5.91 Å². The SMILES string of the molecule is COc1ccc(C)cc1Nc1ccc(NC(=O)c2ccc(F)cc2)cc1. The average Bonchev–Trinajstić information content (AvgIpc) is 2.64. The Hall–Kier alpha value is -3.34. The van der Waals surface area contributed by atoms with Crippen LogP contribution in [0.5, 0.6) is 5.75 Å². The quantitative estimate of drug-likeness (QED) is 0.670. The molecule has 0 aliphatic heterocycles. The van der Waals surface area contributed by atoms with Gasteiger partial charge in [0.1, 0.15) is 11.6 Å². The molecule has 3 aromatic carbocycles. The fourth-order valence-corrected chi connectivity index (χ4v) is 2.52. The molecule has 0 spiro atoms. The molecule has 3 rings (SSSR count). The molecular formula is C21H19FN2O2. The van der Waals surface area contributed by atoms with Crippen molar-refractivity contribution in [3.05, 3.63) is 83.7 Å². The van der Waals surface area contributed by atoms with E-state index in [2.05, 4.69) is 10.6 Å². The minimum atomic E-state index is -0.372. The van der Waals surface area contributed by atoms with Crippen molar-refractivity contribution in [3.63, 3.8) is 0 Å². The van der Waals surface area contributed by atoms with Gasteiger partial charge in [-0.15, -0.1) is 0 Å². The summed E-state index contributed by atoms with van der Waals surface area (Å²) in [7, 11) is 1.63. The smallest absolute Gasteiger partial charge is 0.255 e. The Labute approximate surface area is 151 Å². The zero-order valence-corrected chi connectivity index (χ0v) is 14.5. The van der Waals surface area contributed by atoms with E-state index in [1.54, 1.807) is 19.2 Å². The lowest BCUT2D eigenvalue weighted by Gasteiger charge is -2.13. The van der Waals surface area contributed by atoms with E-state index in [-0.39, 0.29) is 11.7 Å². The second-order valence-electron chi connectivity index (χ2n) is 5.87. The van der Waals surface area contributed by atoms with Crippen molar-refractivity contribution in [2.24, 2.45) is 0 Å². The lowest BCUT2D eigenvalue weighted by molar-refractivity contribution is 0.102. The third-order valence-electron chi connectivity index (χ3n) is 3.88. The van der Waals surface area contributed by atoms with Crippen LogP contribution >= 0.6 is 0 Å². The molecule has 0 heterocycles. The van der Waals surface area contributed by atoms with Crippen LogP contribution in [0.15, 0.2) is 66.7 Å². The first-order valence-corrected chi connectivity index (χ1v) is 8.14. The van der Waals surface area contributed by atoms with Gasteiger partial charge in [-0.25, -0.2) is 4.39 Å². The zero-order valence-electron chi connectivity index (χ0n) is 14.5. The van der Waals surface area contributed by atoms with Crippen molar-refractivity contribution >= 4 is 23.0 Å². The summed E-state index contributed by atoms with van der Waals surface area (Å²) in [5, 5.41) is 6.09. The lowest BCUT2D eigenvalue weighted by atomic mass is 10.2. The van der Waals surface area contributed by atoms with Gasteiger partial charge in [0, 0.05) is 16.9 Å². The van der Waals surface area contributed by atoms with Crippen LogP contribution < -0.4 is 15.4 Å². The maximum Gasteiger partial charge on any atom is 0.255 e. The highest BCUT2D eigenvalue weighted by Gasteiger charge is 2.07. The molecule has 0 aliphatic rings. The monoisotopic (exact) mass is 350 g/mol. The highest BCUT2D eigenvalue weighted by Crippen LogP contribution is 2.29. The fraction of sp³-hybridized carbons (Fsp3) is 0.0952. The van der Waals surface area contributed by atoms with Crippen molar-refractivity contribution < 1.29 is 13.9 Å². The van der Waals surface area contributed by atoms with E-state index in [4.69, 9.17) is 4.74 Å². The maximum atomic E-state index is 12.9. The van der Waals surface area contributed by atoms with E-state index in [9.17, 15) is 9.18 Å². The van der Waals surface area contributed by atoms with Gasteiger partial charge in [-0.1, -0.05) is 6.07 Å². The van der Waals surface area contributed by atoms with Crippen LogP contribution in [-0.2, 0) is 0 Å². The molecule has 132 valence electrons. The van der Waals surface area contributed by atoms with Crippen LogP contribution in [0.1, 0.15) is 15.9 Å². The van der Waals surface area contributed by atoms with Gasteiger partial charge in [0.2, 0.25) is 0 Å². The van der Waals surface area contributed by atoms with Gasteiger partial charge < -0.3 is 15.4 Å². The number of rotatable bonds is 5. The number of amides is 1. The molecule has 0 saturated carbocycles. The Kier molecular flexibility index (Phi) is 5.17. The number of ether oxygens (including phenoxy) is 1. The summed E-state index contributed by atoms with van der Waals surface area (Å²) in [6.45, 7) is 2.01. The van der Waals surface area contributed by atoms with E-state index < -0.39 is 0 Å². The van der Waals surface area contributed by atoms with E-state index in [1.165, 1.54) is 24.3 Å². The largest absolute Gasteiger partial charge is 0.495 e. The van der Waals surface area contributed by atoms with Gasteiger partial charge >= 0.3 is 0 Å².